The molecule has 27 heavy (non-hydrogen) atoms. The van der Waals surface area contributed by atoms with Crippen LogP contribution in [-0.2, 0) is 20.9 Å². The number of carbonyl (C=O) groups is 2. The van der Waals surface area contributed by atoms with E-state index in [0.29, 0.717) is 6.54 Å². The highest BCUT2D eigenvalue weighted by Gasteiger charge is 2.51. The van der Waals surface area contributed by atoms with Crippen LogP contribution in [-0.4, -0.2) is 44.8 Å². The first-order chi connectivity index (χ1) is 13.3. The number of benzene rings is 1. The zero-order chi connectivity index (χ0) is 18.6. The number of imidazole rings is 1. The van der Waals surface area contributed by atoms with Crippen molar-refractivity contribution in [1.82, 2.24) is 14.5 Å². The molecule has 0 aliphatic carbocycles. The van der Waals surface area contributed by atoms with E-state index in [1.165, 1.54) is 0 Å². The molecule has 140 valence electrons. The van der Waals surface area contributed by atoms with E-state index >= 15 is 0 Å². The second-order valence-electron chi connectivity index (χ2n) is 7.02. The number of likely N-dealkylation sites (tertiary alicyclic amines) is 1. The van der Waals surface area contributed by atoms with E-state index in [2.05, 4.69) is 4.98 Å². The fourth-order valence-corrected chi connectivity index (χ4v) is 4.07. The van der Waals surface area contributed by atoms with Gasteiger partial charge >= 0.3 is 0 Å². The van der Waals surface area contributed by atoms with E-state index in [-0.39, 0.29) is 17.9 Å². The zero-order valence-electron chi connectivity index (χ0n) is 15.1. The van der Waals surface area contributed by atoms with Crippen LogP contribution in [0.1, 0.15) is 30.7 Å². The smallest absolute Gasteiger partial charge is 0.291 e. The number of hydrogen-bond acceptors (Lipinski definition) is 4. The molecule has 4 rings (SSSR count). The van der Waals surface area contributed by atoms with Crippen molar-refractivity contribution in [1.29, 1.82) is 0 Å². The first kappa shape index (κ1) is 17.5. The van der Waals surface area contributed by atoms with Crippen LogP contribution in [0.15, 0.2) is 61.4 Å². The molecule has 0 radical (unpaired) electrons. The van der Waals surface area contributed by atoms with Gasteiger partial charge in [-0.1, -0.05) is 30.3 Å². The number of ketones is 1. The summed E-state index contributed by atoms with van der Waals surface area (Å²) in [5.41, 5.74) is 0.885. The summed E-state index contributed by atoms with van der Waals surface area (Å²) in [6, 6.07) is 9.33. The number of aryl methyl sites for hydroxylation is 1. The molecule has 0 spiro atoms. The largest absolute Gasteiger partial charge is 0.496 e. The first-order valence-corrected chi connectivity index (χ1v) is 9.41. The van der Waals surface area contributed by atoms with Crippen molar-refractivity contribution >= 4 is 11.7 Å². The number of Topliss-reactive ketones (excluding diaryl/α,β-unsaturated/α-hetero) is 1. The lowest BCUT2D eigenvalue weighted by atomic mass is 9.86. The van der Waals surface area contributed by atoms with Gasteiger partial charge in [0.05, 0.1) is 24.5 Å². The van der Waals surface area contributed by atoms with Crippen LogP contribution in [0, 0.1) is 0 Å². The van der Waals surface area contributed by atoms with Crippen molar-refractivity contribution in [2.45, 2.75) is 43.9 Å². The highest BCUT2D eigenvalue weighted by Crippen LogP contribution is 2.37. The Morgan fingerprint density at radius 2 is 2.00 bits per heavy atom. The third kappa shape index (κ3) is 3.52. The SMILES string of the molecule is O=C1C(=O)N(CCCn2ccnc2)C(C2CCC=CO2)C1c1ccccc1. The van der Waals surface area contributed by atoms with Gasteiger partial charge in [0.1, 0.15) is 6.10 Å². The lowest BCUT2D eigenvalue weighted by Gasteiger charge is -2.34. The maximum Gasteiger partial charge on any atom is 0.291 e. The molecule has 3 atom stereocenters. The van der Waals surface area contributed by atoms with Crippen molar-refractivity contribution in [3.63, 3.8) is 0 Å². The molecule has 1 fully saturated rings. The molecular weight excluding hydrogens is 342 g/mol. The quantitative estimate of drug-likeness (QED) is 0.738. The Kier molecular flexibility index (Phi) is 5.05. The molecule has 2 aliphatic rings. The average Bonchev–Trinajstić information content (AvgIpc) is 3.31. The molecule has 1 amide bonds. The summed E-state index contributed by atoms with van der Waals surface area (Å²) in [4.78, 5) is 31.5. The third-order valence-corrected chi connectivity index (χ3v) is 5.34. The van der Waals surface area contributed by atoms with E-state index < -0.39 is 11.8 Å². The molecule has 0 saturated carbocycles. The van der Waals surface area contributed by atoms with Crippen LogP contribution in [0.3, 0.4) is 0 Å². The molecular formula is C21H23N3O3. The van der Waals surface area contributed by atoms with Crippen LogP contribution in [0.5, 0.6) is 0 Å². The molecule has 3 heterocycles. The van der Waals surface area contributed by atoms with Crippen LogP contribution in [0.2, 0.25) is 0 Å². The topological polar surface area (TPSA) is 64.4 Å². The normalized spacial score (nSPS) is 25.0. The number of ether oxygens (including phenoxy) is 1. The van der Waals surface area contributed by atoms with Crippen LogP contribution in [0.25, 0.3) is 0 Å². The minimum Gasteiger partial charge on any atom is -0.496 e. The Morgan fingerprint density at radius 1 is 1.15 bits per heavy atom. The highest BCUT2D eigenvalue weighted by atomic mass is 16.5. The van der Waals surface area contributed by atoms with E-state index in [4.69, 9.17) is 4.74 Å². The Labute approximate surface area is 158 Å². The Hall–Kier alpha value is -2.89. The summed E-state index contributed by atoms with van der Waals surface area (Å²) >= 11 is 0. The van der Waals surface area contributed by atoms with Crippen molar-refractivity contribution in [3.8, 4) is 0 Å². The summed E-state index contributed by atoms with van der Waals surface area (Å²) in [6.45, 7) is 1.28. The van der Waals surface area contributed by atoms with E-state index in [9.17, 15) is 9.59 Å². The predicted octanol–water partition coefficient (Wildman–Crippen LogP) is 2.53. The van der Waals surface area contributed by atoms with E-state index in [1.54, 1.807) is 23.7 Å². The van der Waals surface area contributed by atoms with Crippen molar-refractivity contribution in [3.05, 3.63) is 67.0 Å². The molecule has 6 nitrogen and oxygen atoms in total. The van der Waals surface area contributed by atoms with Gasteiger partial charge in [0, 0.05) is 25.5 Å². The summed E-state index contributed by atoms with van der Waals surface area (Å²) in [7, 11) is 0. The van der Waals surface area contributed by atoms with Crippen LogP contribution >= 0.6 is 0 Å². The molecule has 6 heteroatoms. The van der Waals surface area contributed by atoms with Gasteiger partial charge in [-0.05, 0) is 30.9 Å². The number of aromatic nitrogens is 2. The average molecular weight is 365 g/mol. The minimum atomic E-state index is -0.469. The third-order valence-electron chi connectivity index (χ3n) is 5.34. The lowest BCUT2D eigenvalue weighted by Crippen LogP contribution is -2.45. The molecule has 2 aromatic rings. The molecule has 0 N–H and O–H groups in total. The fraction of sp³-hybridized carbons (Fsp3) is 0.381. The second kappa shape index (κ2) is 7.78. The summed E-state index contributed by atoms with van der Waals surface area (Å²) in [5.74, 6) is -1.19. The maximum absolute atomic E-state index is 12.9. The maximum atomic E-state index is 12.9. The second-order valence-corrected chi connectivity index (χ2v) is 7.02. The van der Waals surface area contributed by atoms with E-state index in [0.717, 1.165) is 31.4 Å². The van der Waals surface area contributed by atoms with Crippen molar-refractivity contribution in [2.75, 3.05) is 6.54 Å². The number of rotatable bonds is 6. The van der Waals surface area contributed by atoms with Gasteiger partial charge in [-0.25, -0.2) is 4.98 Å². The molecule has 2 aliphatic heterocycles. The molecule has 0 bridgehead atoms. The highest BCUT2D eigenvalue weighted by molar-refractivity contribution is 6.40. The number of amides is 1. The minimum absolute atomic E-state index is 0.163. The predicted molar refractivity (Wildman–Crippen MR) is 99.8 cm³/mol. The van der Waals surface area contributed by atoms with Crippen LogP contribution < -0.4 is 0 Å². The van der Waals surface area contributed by atoms with E-state index in [1.807, 2.05) is 47.2 Å². The Morgan fingerprint density at radius 3 is 2.70 bits per heavy atom. The lowest BCUT2D eigenvalue weighted by molar-refractivity contribution is -0.141. The number of hydrogen-bond donors (Lipinski definition) is 0. The van der Waals surface area contributed by atoms with Crippen molar-refractivity contribution < 1.29 is 14.3 Å². The van der Waals surface area contributed by atoms with Crippen molar-refractivity contribution in [2.24, 2.45) is 0 Å². The van der Waals surface area contributed by atoms with Crippen LogP contribution in [0.4, 0.5) is 0 Å². The van der Waals surface area contributed by atoms with Gasteiger partial charge in [0.15, 0.2) is 0 Å². The monoisotopic (exact) mass is 365 g/mol. The van der Waals surface area contributed by atoms with Gasteiger partial charge < -0.3 is 14.2 Å². The molecule has 1 aromatic heterocycles. The van der Waals surface area contributed by atoms with Gasteiger partial charge in [-0.15, -0.1) is 0 Å². The Bertz CT molecular complexity index is 816. The summed E-state index contributed by atoms with van der Waals surface area (Å²) < 4.78 is 7.83. The zero-order valence-corrected chi connectivity index (χ0v) is 15.1. The number of allylic oxidation sites excluding steroid dienone is 1. The van der Waals surface area contributed by atoms with Gasteiger partial charge in [0.25, 0.3) is 5.91 Å². The summed E-state index contributed by atoms with van der Waals surface area (Å²) in [6.07, 6.45) is 11.4. The van der Waals surface area contributed by atoms with Gasteiger partial charge in [-0.3, -0.25) is 9.59 Å². The molecule has 3 unspecified atom stereocenters. The molecule has 1 aromatic carbocycles. The van der Waals surface area contributed by atoms with Gasteiger partial charge in [0.2, 0.25) is 5.78 Å². The van der Waals surface area contributed by atoms with Gasteiger partial charge in [-0.2, -0.15) is 0 Å². The molecule has 1 saturated heterocycles. The fourth-order valence-electron chi connectivity index (χ4n) is 4.07. The first-order valence-electron chi connectivity index (χ1n) is 9.41. The summed E-state index contributed by atoms with van der Waals surface area (Å²) in [5, 5.41) is 0. The number of carbonyl (C=O) groups excluding carboxylic acids is 2. The number of nitrogens with zero attached hydrogens (tertiary/aromatic N) is 3. The standard InChI is InChI=1S/C21H23N3O3/c25-20-18(16-7-2-1-3-8-16)19(17-9-4-5-14-27-17)24(21(20)26)12-6-11-23-13-10-22-15-23/h1-3,5,7-8,10,13-15,17-19H,4,6,9,11-12H2. The Balaban J connectivity index is 1.58.